The highest BCUT2D eigenvalue weighted by Gasteiger charge is 2.22. The van der Waals surface area contributed by atoms with Gasteiger partial charge in [0.05, 0.1) is 17.7 Å². The topological polar surface area (TPSA) is 75.1 Å². The first kappa shape index (κ1) is 18.7. The number of furan rings is 1. The van der Waals surface area contributed by atoms with E-state index in [1.807, 2.05) is 61.5 Å². The highest BCUT2D eigenvalue weighted by atomic mass is 16.3. The maximum absolute atomic E-state index is 13.2. The molecule has 0 aliphatic rings. The number of fused-ring (bicyclic) bond motifs is 1. The second kappa shape index (κ2) is 7.80. The zero-order chi connectivity index (χ0) is 20.4. The van der Waals surface area contributed by atoms with E-state index in [1.54, 1.807) is 19.3 Å². The van der Waals surface area contributed by atoms with E-state index in [2.05, 4.69) is 10.3 Å². The molecule has 5 nitrogen and oxygen atoms in total. The summed E-state index contributed by atoms with van der Waals surface area (Å²) in [6.45, 7) is 3.79. The fourth-order valence-electron chi connectivity index (χ4n) is 3.41. The van der Waals surface area contributed by atoms with Gasteiger partial charge in [-0.05, 0) is 55.1 Å². The molecular formula is C24H22N2O3. The number of pyridine rings is 1. The van der Waals surface area contributed by atoms with Gasteiger partial charge in [-0.25, -0.2) is 0 Å². The molecule has 0 radical (unpaired) electrons. The Balaban J connectivity index is 1.63. The molecule has 4 aromatic rings. The molecule has 146 valence electrons. The zero-order valence-corrected chi connectivity index (χ0v) is 16.4. The van der Waals surface area contributed by atoms with Crippen LogP contribution in [-0.2, 0) is 11.2 Å². The number of aromatic nitrogens is 1. The Hall–Kier alpha value is -3.60. The van der Waals surface area contributed by atoms with Crippen LogP contribution in [0.4, 0.5) is 5.69 Å². The number of nitrogens with one attached hydrogen (secondary N) is 2. The van der Waals surface area contributed by atoms with Crippen LogP contribution in [0, 0.1) is 13.8 Å². The summed E-state index contributed by atoms with van der Waals surface area (Å²) in [4.78, 5) is 27.9. The molecule has 0 aliphatic heterocycles. The van der Waals surface area contributed by atoms with Crippen LogP contribution in [0.5, 0.6) is 0 Å². The minimum Gasteiger partial charge on any atom is -0.469 e. The summed E-state index contributed by atoms with van der Waals surface area (Å²) in [7, 11) is 0. The molecule has 0 spiro atoms. The maximum atomic E-state index is 13.2. The number of anilines is 1. The monoisotopic (exact) mass is 386 g/mol. The Morgan fingerprint density at radius 1 is 1.07 bits per heavy atom. The standard InChI is InChI=1S/C24H22N2O3/c1-15-5-7-17(8-6-15)21(14-20-4-3-11-29-20)24(28)25-19-10-9-18-12-16(2)23(27)26-22(18)13-19/h3-13,21H,14H2,1-2H3,(H,25,28)(H,26,27). The predicted molar refractivity (Wildman–Crippen MR) is 114 cm³/mol. The van der Waals surface area contributed by atoms with Crippen LogP contribution in [0.25, 0.3) is 10.9 Å². The molecule has 0 aliphatic carbocycles. The van der Waals surface area contributed by atoms with E-state index in [0.717, 1.165) is 22.3 Å². The molecule has 2 aromatic heterocycles. The number of amides is 1. The number of H-pyrrole nitrogens is 1. The van der Waals surface area contributed by atoms with Gasteiger partial charge in [0, 0.05) is 17.7 Å². The molecule has 2 heterocycles. The van der Waals surface area contributed by atoms with E-state index in [-0.39, 0.29) is 11.5 Å². The second-order valence-corrected chi connectivity index (χ2v) is 7.32. The Morgan fingerprint density at radius 2 is 1.86 bits per heavy atom. The number of hydrogen-bond donors (Lipinski definition) is 2. The lowest BCUT2D eigenvalue weighted by molar-refractivity contribution is -0.117. The summed E-state index contributed by atoms with van der Waals surface area (Å²) >= 11 is 0. The quantitative estimate of drug-likeness (QED) is 0.522. The summed E-state index contributed by atoms with van der Waals surface area (Å²) in [5, 5.41) is 3.91. The summed E-state index contributed by atoms with van der Waals surface area (Å²) in [5.41, 5.74) is 3.92. The molecule has 1 amide bonds. The first-order chi connectivity index (χ1) is 14.0. The highest BCUT2D eigenvalue weighted by Crippen LogP contribution is 2.25. The van der Waals surface area contributed by atoms with Crippen LogP contribution >= 0.6 is 0 Å². The lowest BCUT2D eigenvalue weighted by atomic mass is 9.93. The van der Waals surface area contributed by atoms with Crippen molar-refractivity contribution in [2.75, 3.05) is 5.32 Å². The van der Waals surface area contributed by atoms with Crippen LogP contribution in [0.15, 0.2) is 76.1 Å². The molecule has 1 atom stereocenters. The van der Waals surface area contributed by atoms with E-state index < -0.39 is 5.92 Å². The molecule has 0 saturated heterocycles. The number of hydrogen-bond acceptors (Lipinski definition) is 3. The summed E-state index contributed by atoms with van der Waals surface area (Å²) < 4.78 is 5.47. The van der Waals surface area contributed by atoms with Crippen LogP contribution in [-0.4, -0.2) is 10.9 Å². The Labute approximate surface area is 168 Å². The predicted octanol–water partition coefficient (Wildman–Crippen LogP) is 4.70. The van der Waals surface area contributed by atoms with Crippen molar-refractivity contribution in [3.8, 4) is 0 Å². The average molecular weight is 386 g/mol. The van der Waals surface area contributed by atoms with Crippen molar-refractivity contribution in [3.05, 3.63) is 99.7 Å². The van der Waals surface area contributed by atoms with Crippen molar-refractivity contribution >= 4 is 22.5 Å². The molecule has 0 saturated carbocycles. The molecule has 29 heavy (non-hydrogen) atoms. The van der Waals surface area contributed by atoms with E-state index >= 15 is 0 Å². The maximum Gasteiger partial charge on any atom is 0.251 e. The number of rotatable bonds is 5. The molecule has 2 N–H and O–H groups in total. The fraction of sp³-hybridized carbons (Fsp3) is 0.167. The Kier molecular flexibility index (Phi) is 5.04. The van der Waals surface area contributed by atoms with Crippen molar-refractivity contribution in [2.45, 2.75) is 26.2 Å². The van der Waals surface area contributed by atoms with E-state index in [0.29, 0.717) is 23.2 Å². The van der Waals surface area contributed by atoms with Gasteiger partial charge in [0.1, 0.15) is 5.76 Å². The van der Waals surface area contributed by atoms with E-state index in [4.69, 9.17) is 4.42 Å². The lowest BCUT2D eigenvalue weighted by Crippen LogP contribution is -2.23. The lowest BCUT2D eigenvalue weighted by Gasteiger charge is -2.17. The SMILES string of the molecule is Cc1ccc(C(Cc2ccco2)C(=O)Nc2ccc3cc(C)c(=O)[nH]c3c2)cc1. The minimum atomic E-state index is -0.394. The first-order valence-electron chi connectivity index (χ1n) is 9.53. The minimum absolute atomic E-state index is 0.126. The van der Waals surface area contributed by atoms with Gasteiger partial charge < -0.3 is 14.7 Å². The number of aromatic amines is 1. The Morgan fingerprint density at radius 3 is 2.59 bits per heavy atom. The van der Waals surface area contributed by atoms with Crippen molar-refractivity contribution in [3.63, 3.8) is 0 Å². The van der Waals surface area contributed by atoms with Crippen molar-refractivity contribution in [1.29, 1.82) is 0 Å². The van der Waals surface area contributed by atoms with E-state index in [1.165, 1.54) is 0 Å². The van der Waals surface area contributed by atoms with Gasteiger partial charge in [-0.1, -0.05) is 35.9 Å². The van der Waals surface area contributed by atoms with Crippen LogP contribution < -0.4 is 10.9 Å². The number of aryl methyl sites for hydroxylation is 2. The molecule has 1 unspecified atom stereocenters. The van der Waals surface area contributed by atoms with Gasteiger partial charge in [-0.3, -0.25) is 9.59 Å². The zero-order valence-electron chi connectivity index (χ0n) is 16.4. The number of carbonyl (C=O) groups excluding carboxylic acids is 1. The van der Waals surface area contributed by atoms with Gasteiger partial charge in [0.25, 0.3) is 5.56 Å². The molecule has 0 fully saturated rings. The van der Waals surface area contributed by atoms with Crippen LogP contribution in [0.1, 0.15) is 28.4 Å². The van der Waals surface area contributed by atoms with Gasteiger partial charge in [-0.15, -0.1) is 0 Å². The third-order valence-corrected chi connectivity index (χ3v) is 5.08. The highest BCUT2D eigenvalue weighted by molar-refractivity contribution is 5.97. The molecule has 4 rings (SSSR count). The third-order valence-electron chi connectivity index (χ3n) is 5.08. The van der Waals surface area contributed by atoms with Crippen molar-refractivity contribution < 1.29 is 9.21 Å². The first-order valence-corrected chi connectivity index (χ1v) is 9.53. The van der Waals surface area contributed by atoms with E-state index in [9.17, 15) is 9.59 Å². The number of benzene rings is 2. The van der Waals surface area contributed by atoms with Crippen molar-refractivity contribution in [2.24, 2.45) is 0 Å². The smallest absolute Gasteiger partial charge is 0.251 e. The molecular weight excluding hydrogens is 364 g/mol. The number of carbonyl (C=O) groups is 1. The summed E-state index contributed by atoms with van der Waals surface area (Å²) in [5.74, 6) is 0.234. The van der Waals surface area contributed by atoms with Crippen LogP contribution in [0.3, 0.4) is 0 Å². The van der Waals surface area contributed by atoms with Crippen molar-refractivity contribution in [1.82, 2.24) is 4.98 Å². The average Bonchev–Trinajstić information content (AvgIpc) is 3.21. The van der Waals surface area contributed by atoms with Gasteiger partial charge in [0.15, 0.2) is 0 Å². The summed E-state index contributed by atoms with van der Waals surface area (Å²) in [6.07, 6.45) is 2.08. The molecule has 2 aromatic carbocycles. The normalized spacial score (nSPS) is 12.1. The third kappa shape index (κ3) is 4.14. The molecule has 5 heteroatoms. The second-order valence-electron chi connectivity index (χ2n) is 7.32. The summed E-state index contributed by atoms with van der Waals surface area (Å²) in [6, 6.07) is 19.0. The fourth-order valence-corrected chi connectivity index (χ4v) is 3.41. The van der Waals surface area contributed by atoms with Crippen LogP contribution in [0.2, 0.25) is 0 Å². The molecule has 0 bridgehead atoms. The van der Waals surface area contributed by atoms with Gasteiger partial charge in [0.2, 0.25) is 5.91 Å². The van der Waals surface area contributed by atoms with Gasteiger partial charge in [-0.2, -0.15) is 0 Å². The largest absolute Gasteiger partial charge is 0.469 e. The van der Waals surface area contributed by atoms with Gasteiger partial charge >= 0.3 is 0 Å². The Bertz CT molecular complexity index is 1210.